The lowest BCUT2D eigenvalue weighted by Gasteiger charge is -2.25. The van der Waals surface area contributed by atoms with Crippen molar-refractivity contribution in [2.75, 3.05) is 33.0 Å². The minimum absolute atomic E-state index is 0.138. The highest BCUT2D eigenvalue weighted by molar-refractivity contribution is 5.85. The van der Waals surface area contributed by atoms with E-state index in [1.54, 1.807) is 6.07 Å². The Kier molecular flexibility index (Phi) is 14.3. The Hall–Kier alpha value is -4.14. The molecule has 230 valence electrons. The van der Waals surface area contributed by atoms with Gasteiger partial charge in [0.1, 0.15) is 0 Å². The van der Waals surface area contributed by atoms with E-state index in [1.807, 2.05) is 53.7 Å². The van der Waals surface area contributed by atoms with Crippen molar-refractivity contribution < 1.29 is 42.7 Å². The molecule has 0 aliphatic carbocycles. The van der Waals surface area contributed by atoms with Crippen molar-refractivity contribution in [3.63, 3.8) is 0 Å². The normalized spacial score (nSPS) is 11.2. The SMILES string of the molecule is C=CC(=O)Oc1ccc(CC(C)c2cc(OCC)c(OC(=O)C=C)c(OCC)c2OCC)c(OCCC)c1OCCC. The van der Waals surface area contributed by atoms with E-state index in [0.717, 1.165) is 36.1 Å². The van der Waals surface area contributed by atoms with Gasteiger partial charge in [0.15, 0.2) is 23.0 Å². The monoisotopic (exact) mass is 584 g/mol. The number of hydrogen-bond acceptors (Lipinski definition) is 9. The molecule has 9 heteroatoms. The van der Waals surface area contributed by atoms with Gasteiger partial charge in [0.25, 0.3) is 0 Å². The van der Waals surface area contributed by atoms with Crippen molar-refractivity contribution in [3.8, 4) is 40.2 Å². The first-order chi connectivity index (χ1) is 20.3. The topological polar surface area (TPSA) is 98.8 Å². The molecule has 42 heavy (non-hydrogen) atoms. The predicted molar refractivity (Wildman–Crippen MR) is 162 cm³/mol. The summed E-state index contributed by atoms with van der Waals surface area (Å²) in [6.45, 7) is 20.4. The number of hydrogen-bond donors (Lipinski definition) is 0. The molecule has 0 aliphatic heterocycles. The smallest absolute Gasteiger partial charge is 0.335 e. The van der Waals surface area contributed by atoms with E-state index < -0.39 is 11.9 Å². The molecule has 0 saturated carbocycles. The van der Waals surface area contributed by atoms with Crippen molar-refractivity contribution in [3.05, 3.63) is 54.6 Å². The quantitative estimate of drug-likeness (QED) is 0.0983. The van der Waals surface area contributed by atoms with Crippen LogP contribution in [0.25, 0.3) is 0 Å². The lowest BCUT2D eigenvalue weighted by atomic mass is 9.91. The Morgan fingerprint density at radius 3 is 1.83 bits per heavy atom. The van der Waals surface area contributed by atoms with Crippen LogP contribution in [0.2, 0.25) is 0 Å². The number of carbonyl (C=O) groups is 2. The fraction of sp³-hybridized carbons (Fsp3) is 0.455. The summed E-state index contributed by atoms with van der Waals surface area (Å²) in [5.41, 5.74) is 1.64. The highest BCUT2D eigenvalue weighted by atomic mass is 16.6. The van der Waals surface area contributed by atoms with Gasteiger partial charge in [-0.1, -0.05) is 40.0 Å². The van der Waals surface area contributed by atoms with Crippen LogP contribution < -0.4 is 33.2 Å². The second kappa shape index (κ2) is 17.6. The number of esters is 2. The van der Waals surface area contributed by atoms with E-state index in [2.05, 4.69) is 13.2 Å². The van der Waals surface area contributed by atoms with E-state index in [0.29, 0.717) is 62.5 Å². The second-order valence-corrected chi connectivity index (χ2v) is 9.18. The van der Waals surface area contributed by atoms with Crippen LogP contribution in [0.1, 0.15) is 71.4 Å². The Labute approximate surface area is 249 Å². The van der Waals surface area contributed by atoms with Gasteiger partial charge in [-0.05, 0) is 63.6 Å². The zero-order valence-electron chi connectivity index (χ0n) is 25.7. The minimum atomic E-state index is -0.644. The predicted octanol–water partition coefficient (Wildman–Crippen LogP) is 6.99. The molecule has 2 rings (SSSR count). The standard InChI is InChI=1S/C33H44O9/c1-9-18-39-29-23(16-17-25(41-27(34)11-3)31(29)40-19-10-2)20-22(8)24-21-26(36-13-5)32(42-28(35)12-4)33(38-15-7)30(24)37-14-6/h11-12,16-17,21-22H,3-4,9-10,13-15,18-20H2,1-2,5-8H3. The molecule has 2 aromatic carbocycles. The van der Waals surface area contributed by atoms with Gasteiger partial charge >= 0.3 is 11.9 Å². The summed E-state index contributed by atoms with van der Waals surface area (Å²) in [5, 5.41) is 0. The molecule has 0 bridgehead atoms. The first kappa shape index (κ1) is 34.1. The number of ether oxygens (including phenoxy) is 7. The summed E-state index contributed by atoms with van der Waals surface area (Å²) in [7, 11) is 0. The summed E-state index contributed by atoms with van der Waals surface area (Å²) >= 11 is 0. The molecule has 0 fully saturated rings. The molecule has 0 N–H and O–H groups in total. The molecule has 0 saturated heterocycles. The maximum atomic E-state index is 12.2. The molecule has 2 aromatic rings. The summed E-state index contributed by atoms with van der Waals surface area (Å²) in [4.78, 5) is 24.3. The highest BCUT2D eigenvalue weighted by Gasteiger charge is 2.28. The molecule has 0 amide bonds. The summed E-state index contributed by atoms with van der Waals surface area (Å²) < 4.78 is 41.3. The first-order valence-electron chi connectivity index (χ1n) is 14.5. The molecule has 0 aliphatic rings. The van der Waals surface area contributed by atoms with Crippen LogP contribution >= 0.6 is 0 Å². The van der Waals surface area contributed by atoms with Crippen molar-refractivity contribution in [1.82, 2.24) is 0 Å². The van der Waals surface area contributed by atoms with Gasteiger partial charge < -0.3 is 33.2 Å². The van der Waals surface area contributed by atoms with Gasteiger partial charge in [0.2, 0.25) is 17.2 Å². The second-order valence-electron chi connectivity index (χ2n) is 9.18. The van der Waals surface area contributed by atoms with Crippen LogP contribution in [0.15, 0.2) is 43.5 Å². The average molecular weight is 585 g/mol. The van der Waals surface area contributed by atoms with Crippen LogP contribution in [0.5, 0.6) is 40.2 Å². The summed E-state index contributed by atoms with van der Waals surface area (Å²) in [6, 6.07) is 5.37. The van der Waals surface area contributed by atoms with Crippen molar-refractivity contribution in [2.45, 2.75) is 66.7 Å². The third kappa shape index (κ3) is 8.93. The molecule has 1 unspecified atom stereocenters. The number of benzene rings is 2. The van der Waals surface area contributed by atoms with Crippen LogP contribution in [-0.2, 0) is 16.0 Å². The first-order valence-corrected chi connectivity index (χ1v) is 14.5. The Balaban J connectivity index is 2.72. The molecule has 0 heterocycles. The maximum absolute atomic E-state index is 12.2. The third-order valence-corrected chi connectivity index (χ3v) is 5.92. The van der Waals surface area contributed by atoms with Gasteiger partial charge in [0.05, 0.1) is 33.0 Å². The largest absolute Gasteiger partial charge is 0.490 e. The van der Waals surface area contributed by atoms with Gasteiger partial charge in [0, 0.05) is 17.7 Å². The zero-order chi connectivity index (χ0) is 31.1. The van der Waals surface area contributed by atoms with Crippen LogP contribution in [-0.4, -0.2) is 45.0 Å². The van der Waals surface area contributed by atoms with Gasteiger partial charge in [-0.25, -0.2) is 9.59 Å². The van der Waals surface area contributed by atoms with E-state index in [4.69, 9.17) is 33.2 Å². The molecule has 9 nitrogen and oxygen atoms in total. The molecule has 0 spiro atoms. The van der Waals surface area contributed by atoms with E-state index in [9.17, 15) is 9.59 Å². The maximum Gasteiger partial charge on any atom is 0.335 e. The minimum Gasteiger partial charge on any atom is -0.490 e. The van der Waals surface area contributed by atoms with Crippen LogP contribution in [0.4, 0.5) is 0 Å². The van der Waals surface area contributed by atoms with E-state index in [1.165, 1.54) is 0 Å². The Morgan fingerprint density at radius 1 is 0.690 bits per heavy atom. The number of carbonyl (C=O) groups excluding carboxylic acids is 2. The molecule has 0 radical (unpaired) electrons. The zero-order valence-corrected chi connectivity index (χ0v) is 25.7. The third-order valence-electron chi connectivity index (χ3n) is 5.92. The fourth-order valence-corrected chi connectivity index (χ4v) is 4.17. The van der Waals surface area contributed by atoms with Crippen LogP contribution in [0.3, 0.4) is 0 Å². The van der Waals surface area contributed by atoms with Crippen molar-refractivity contribution in [2.24, 2.45) is 0 Å². The molecular weight excluding hydrogens is 540 g/mol. The lowest BCUT2D eigenvalue weighted by Crippen LogP contribution is -2.13. The molecule has 0 aromatic heterocycles. The van der Waals surface area contributed by atoms with Crippen LogP contribution in [0, 0.1) is 0 Å². The van der Waals surface area contributed by atoms with Gasteiger partial charge in [-0.3, -0.25) is 0 Å². The van der Waals surface area contributed by atoms with Crippen molar-refractivity contribution >= 4 is 11.9 Å². The van der Waals surface area contributed by atoms with Gasteiger partial charge in [-0.2, -0.15) is 0 Å². The van der Waals surface area contributed by atoms with E-state index >= 15 is 0 Å². The Bertz CT molecular complexity index is 1220. The average Bonchev–Trinajstić information content (AvgIpc) is 2.98. The Morgan fingerprint density at radius 2 is 1.26 bits per heavy atom. The summed E-state index contributed by atoms with van der Waals surface area (Å²) in [6.07, 6.45) is 4.20. The lowest BCUT2D eigenvalue weighted by molar-refractivity contribution is -0.130. The van der Waals surface area contributed by atoms with Crippen molar-refractivity contribution in [1.29, 1.82) is 0 Å². The van der Waals surface area contributed by atoms with Gasteiger partial charge in [-0.15, -0.1) is 0 Å². The molecule has 1 atom stereocenters. The highest BCUT2D eigenvalue weighted by Crippen LogP contribution is 2.51. The fourth-order valence-electron chi connectivity index (χ4n) is 4.17. The van der Waals surface area contributed by atoms with E-state index in [-0.39, 0.29) is 23.2 Å². The molecular formula is C33H44O9. The summed E-state index contributed by atoms with van der Waals surface area (Å²) in [5.74, 6) is 0.971. The number of rotatable bonds is 19.